The molecule has 186 valence electrons. The molecule has 36 heavy (non-hydrogen) atoms. The van der Waals surface area contributed by atoms with Gasteiger partial charge in [0.2, 0.25) is 5.78 Å². The molecule has 1 saturated heterocycles. The van der Waals surface area contributed by atoms with Gasteiger partial charge in [-0.1, -0.05) is 48.2 Å². The van der Waals surface area contributed by atoms with Crippen molar-refractivity contribution in [2.24, 2.45) is 0 Å². The Kier molecular flexibility index (Phi) is 7.80. The molecule has 7 nitrogen and oxygen atoms in total. The lowest BCUT2D eigenvalue weighted by atomic mass is 9.96. The summed E-state index contributed by atoms with van der Waals surface area (Å²) in [7, 11) is 4.07. The van der Waals surface area contributed by atoms with Crippen LogP contribution >= 0.6 is 0 Å². The van der Waals surface area contributed by atoms with Gasteiger partial charge in [0.15, 0.2) is 0 Å². The van der Waals surface area contributed by atoms with Crippen LogP contribution in [0.2, 0.25) is 0 Å². The van der Waals surface area contributed by atoms with E-state index in [0.29, 0.717) is 36.4 Å². The van der Waals surface area contributed by atoms with Crippen molar-refractivity contribution in [2.75, 3.05) is 27.2 Å². The number of nitrogens with zero attached hydrogens (tertiary/aromatic N) is 2. The number of Topliss-reactive ketones (excluding diaryl/α,β-unsaturated/α-hetero) is 1. The molecule has 1 aliphatic heterocycles. The van der Waals surface area contributed by atoms with E-state index in [1.165, 1.54) is 9.80 Å². The molecule has 0 aliphatic carbocycles. The second kappa shape index (κ2) is 11.2. The number of rotatable bonds is 9. The van der Waals surface area contributed by atoms with Crippen LogP contribution in [-0.2, 0) is 16.2 Å². The maximum atomic E-state index is 13.5. The Labute approximate surface area is 211 Å². The Bertz CT molecular complexity index is 1250. The number of quaternary nitrogens is 1. The number of carbonyl (C=O) groups excluding carboxylic acids is 2. The fraction of sp³-hybridized carbons (Fsp3) is 0.276. The Hall–Kier alpha value is -3.97. The van der Waals surface area contributed by atoms with Crippen molar-refractivity contribution in [1.82, 2.24) is 9.88 Å². The molecule has 0 spiro atoms. The van der Waals surface area contributed by atoms with Crippen LogP contribution in [-0.4, -0.2) is 48.8 Å². The van der Waals surface area contributed by atoms with E-state index in [1.54, 1.807) is 48.8 Å². The molecule has 2 aromatic carbocycles. The number of aromatic nitrogens is 1. The van der Waals surface area contributed by atoms with Crippen molar-refractivity contribution >= 4 is 17.4 Å². The van der Waals surface area contributed by atoms with Crippen LogP contribution in [0.3, 0.4) is 0 Å². The van der Waals surface area contributed by atoms with Crippen molar-refractivity contribution in [3.63, 3.8) is 0 Å². The van der Waals surface area contributed by atoms with Crippen molar-refractivity contribution in [3.05, 3.63) is 101 Å². The molecule has 1 atom stereocenters. The van der Waals surface area contributed by atoms with Crippen LogP contribution < -0.4 is 14.7 Å². The van der Waals surface area contributed by atoms with E-state index in [9.17, 15) is 14.7 Å². The number of aryl methyl sites for hydroxylation is 1. The molecule has 3 aromatic rings. The molecule has 1 N–H and O–H groups in total. The van der Waals surface area contributed by atoms with Gasteiger partial charge in [-0.3, -0.25) is 14.6 Å². The van der Waals surface area contributed by atoms with E-state index < -0.39 is 23.5 Å². The van der Waals surface area contributed by atoms with Gasteiger partial charge in [-0.25, -0.2) is 0 Å². The van der Waals surface area contributed by atoms with Gasteiger partial charge >= 0.3 is 0 Å². The van der Waals surface area contributed by atoms with Crippen LogP contribution in [0.4, 0.5) is 0 Å². The highest BCUT2D eigenvalue weighted by atomic mass is 16.5. The SMILES string of the molecule is Cc1ccccc1COc1ccc(C([O-])=C2C(=O)C(=O)N(CCC[NH+](C)C)C2c2cccnc2)cc1. The molecule has 1 aliphatic rings. The first-order valence-electron chi connectivity index (χ1n) is 12.1. The molecule has 0 bridgehead atoms. The first-order chi connectivity index (χ1) is 17.4. The van der Waals surface area contributed by atoms with Gasteiger partial charge in [0, 0.05) is 30.9 Å². The van der Waals surface area contributed by atoms with Crippen LogP contribution in [0.1, 0.15) is 34.7 Å². The minimum Gasteiger partial charge on any atom is -0.872 e. The van der Waals surface area contributed by atoms with E-state index in [-0.39, 0.29) is 5.57 Å². The molecule has 1 amide bonds. The van der Waals surface area contributed by atoms with E-state index in [0.717, 1.165) is 17.7 Å². The molecule has 0 saturated carbocycles. The molecular formula is C29H31N3O4. The van der Waals surface area contributed by atoms with E-state index in [2.05, 4.69) is 4.98 Å². The topological polar surface area (TPSA) is 87.0 Å². The number of amides is 1. The smallest absolute Gasteiger partial charge is 0.295 e. The largest absolute Gasteiger partial charge is 0.872 e. The summed E-state index contributed by atoms with van der Waals surface area (Å²) in [5, 5.41) is 13.5. The van der Waals surface area contributed by atoms with Gasteiger partial charge < -0.3 is 19.6 Å². The molecule has 4 rings (SSSR count). The highest BCUT2D eigenvalue weighted by molar-refractivity contribution is 6.46. The van der Waals surface area contributed by atoms with E-state index >= 15 is 0 Å². The Balaban J connectivity index is 1.61. The predicted octanol–water partition coefficient (Wildman–Crippen LogP) is 1.73. The summed E-state index contributed by atoms with van der Waals surface area (Å²) in [5.41, 5.74) is 3.18. The van der Waals surface area contributed by atoms with Crippen molar-refractivity contribution in [1.29, 1.82) is 0 Å². The normalized spacial score (nSPS) is 17.1. The maximum Gasteiger partial charge on any atom is 0.295 e. The zero-order chi connectivity index (χ0) is 25.7. The number of benzene rings is 2. The molecule has 1 fully saturated rings. The van der Waals surface area contributed by atoms with Gasteiger partial charge in [0.05, 0.1) is 26.7 Å². The fourth-order valence-corrected chi connectivity index (χ4v) is 4.38. The lowest BCUT2D eigenvalue weighted by Gasteiger charge is -2.27. The Morgan fingerprint density at radius 2 is 1.81 bits per heavy atom. The molecule has 0 radical (unpaired) electrons. The summed E-state index contributed by atoms with van der Waals surface area (Å²) in [6, 6.07) is 17.5. The summed E-state index contributed by atoms with van der Waals surface area (Å²) < 4.78 is 5.88. The van der Waals surface area contributed by atoms with E-state index in [1.807, 2.05) is 45.3 Å². The lowest BCUT2D eigenvalue weighted by Crippen LogP contribution is -3.05. The summed E-state index contributed by atoms with van der Waals surface area (Å²) >= 11 is 0. The van der Waals surface area contributed by atoms with E-state index in [4.69, 9.17) is 4.74 Å². The third kappa shape index (κ3) is 5.47. The van der Waals surface area contributed by atoms with Gasteiger partial charge in [-0.15, -0.1) is 0 Å². The average molecular weight is 486 g/mol. The summed E-state index contributed by atoms with van der Waals surface area (Å²) in [6.45, 7) is 3.67. The van der Waals surface area contributed by atoms with Crippen LogP contribution in [0, 0.1) is 6.92 Å². The molecular weight excluding hydrogens is 454 g/mol. The maximum absolute atomic E-state index is 13.5. The minimum atomic E-state index is -0.750. The number of hydrogen-bond acceptors (Lipinski definition) is 5. The first-order valence-corrected chi connectivity index (χ1v) is 12.1. The number of ketones is 1. The van der Waals surface area contributed by atoms with Crippen LogP contribution in [0.5, 0.6) is 5.75 Å². The van der Waals surface area contributed by atoms with Gasteiger partial charge in [0.1, 0.15) is 12.4 Å². The fourth-order valence-electron chi connectivity index (χ4n) is 4.38. The van der Waals surface area contributed by atoms with Gasteiger partial charge in [0.25, 0.3) is 5.91 Å². The zero-order valence-corrected chi connectivity index (χ0v) is 20.9. The second-order valence-corrected chi connectivity index (χ2v) is 9.31. The third-order valence-electron chi connectivity index (χ3n) is 6.38. The van der Waals surface area contributed by atoms with Crippen LogP contribution in [0.15, 0.2) is 78.6 Å². The summed E-state index contributed by atoms with van der Waals surface area (Å²) in [4.78, 5) is 33.0. The molecule has 1 unspecified atom stereocenters. The summed E-state index contributed by atoms with van der Waals surface area (Å²) in [5.74, 6) is -1.22. The predicted molar refractivity (Wildman–Crippen MR) is 135 cm³/mol. The standard InChI is InChI=1S/C29H31N3O4/c1-20-8-4-5-9-23(20)19-36-24-13-11-21(12-14-24)27(33)25-26(22-10-6-15-30-18-22)32(29(35)28(25)34)17-7-16-31(2)3/h4-6,8-15,18,26,33H,7,16-17,19H2,1-3H3. The first kappa shape index (κ1) is 25.1. The molecule has 7 heteroatoms. The number of likely N-dealkylation sites (tertiary alicyclic amines) is 1. The number of ether oxygens (including phenoxy) is 1. The van der Waals surface area contributed by atoms with Crippen molar-refractivity contribution in [2.45, 2.75) is 26.0 Å². The van der Waals surface area contributed by atoms with Crippen molar-refractivity contribution < 1.29 is 24.3 Å². The van der Waals surface area contributed by atoms with Crippen LogP contribution in [0.25, 0.3) is 5.76 Å². The van der Waals surface area contributed by atoms with Crippen molar-refractivity contribution in [3.8, 4) is 5.75 Å². The minimum absolute atomic E-state index is 0.0289. The lowest BCUT2D eigenvalue weighted by molar-refractivity contribution is -0.858. The molecule has 2 heterocycles. The second-order valence-electron chi connectivity index (χ2n) is 9.31. The number of nitrogens with one attached hydrogen (secondary N) is 1. The van der Waals surface area contributed by atoms with Gasteiger partial charge in [-0.2, -0.15) is 0 Å². The zero-order valence-electron chi connectivity index (χ0n) is 20.9. The Morgan fingerprint density at radius 1 is 1.06 bits per heavy atom. The van der Waals surface area contributed by atoms with Gasteiger partial charge in [-0.05, 0) is 47.4 Å². The number of hydrogen-bond donors (Lipinski definition) is 1. The quantitative estimate of drug-likeness (QED) is 0.283. The number of carbonyl (C=O) groups is 2. The Morgan fingerprint density at radius 3 is 2.47 bits per heavy atom. The monoisotopic (exact) mass is 485 g/mol. The summed E-state index contributed by atoms with van der Waals surface area (Å²) in [6.07, 6.45) is 3.95. The molecule has 1 aromatic heterocycles. The average Bonchev–Trinajstić information content (AvgIpc) is 3.13. The highest BCUT2D eigenvalue weighted by Crippen LogP contribution is 2.38. The highest BCUT2D eigenvalue weighted by Gasteiger charge is 2.44. The number of pyridine rings is 1. The third-order valence-corrected chi connectivity index (χ3v) is 6.38.